The second-order valence-corrected chi connectivity index (χ2v) is 4.19. The van der Waals surface area contributed by atoms with E-state index in [1.165, 1.54) is 0 Å². The Morgan fingerprint density at radius 3 is 2.69 bits per heavy atom. The van der Waals surface area contributed by atoms with Crippen molar-refractivity contribution in [1.82, 2.24) is 0 Å². The molecule has 0 saturated heterocycles. The fourth-order valence-corrected chi connectivity index (χ4v) is 0.881. The van der Waals surface area contributed by atoms with E-state index < -0.39 is 6.10 Å². The van der Waals surface area contributed by atoms with E-state index in [1.54, 1.807) is 6.92 Å². The third-order valence-electron chi connectivity index (χ3n) is 1.55. The molecule has 0 rings (SSSR count). The normalized spacial score (nSPS) is 14.3. The van der Waals surface area contributed by atoms with Crippen LogP contribution < -0.4 is 0 Å². The molecule has 0 saturated carbocycles. The lowest BCUT2D eigenvalue weighted by molar-refractivity contribution is -0.145. The molecule has 0 amide bonds. The maximum absolute atomic E-state index is 11.1. The highest BCUT2D eigenvalue weighted by molar-refractivity contribution is 9.10. The zero-order valence-electron chi connectivity index (χ0n) is 7.92. The summed E-state index contributed by atoms with van der Waals surface area (Å²) in [5, 5.41) is 8.64. The quantitative estimate of drug-likeness (QED) is 0.554. The third-order valence-corrected chi connectivity index (χ3v) is 1.92. The SMILES string of the molecule is CCCCC(C#N)OC(=O)C(C)Br. The Bertz CT molecular complexity index is 198. The maximum atomic E-state index is 11.1. The lowest BCUT2D eigenvalue weighted by atomic mass is 10.2. The molecule has 0 N–H and O–H groups in total. The molecular weight excluding hydrogens is 234 g/mol. The smallest absolute Gasteiger partial charge is 0.320 e. The van der Waals surface area contributed by atoms with Gasteiger partial charge in [-0.25, -0.2) is 0 Å². The molecular formula is C9H14BrNO2. The molecule has 0 heterocycles. The number of carbonyl (C=O) groups excluding carboxylic acids is 1. The predicted octanol–water partition coefficient (Wildman–Crippen LogP) is 2.40. The van der Waals surface area contributed by atoms with Gasteiger partial charge in [-0.15, -0.1) is 0 Å². The van der Waals surface area contributed by atoms with Crippen molar-refractivity contribution in [3.63, 3.8) is 0 Å². The molecule has 0 aliphatic carbocycles. The number of esters is 1. The summed E-state index contributed by atoms with van der Waals surface area (Å²) in [6, 6.07) is 1.96. The van der Waals surface area contributed by atoms with Crippen molar-refractivity contribution < 1.29 is 9.53 Å². The molecule has 4 heteroatoms. The van der Waals surface area contributed by atoms with Gasteiger partial charge in [-0.1, -0.05) is 29.3 Å². The number of nitrogens with zero attached hydrogens (tertiary/aromatic N) is 1. The molecule has 13 heavy (non-hydrogen) atoms. The topological polar surface area (TPSA) is 50.1 Å². The van der Waals surface area contributed by atoms with Crippen molar-refractivity contribution >= 4 is 21.9 Å². The van der Waals surface area contributed by atoms with E-state index in [0.717, 1.165) is 12.8 Å². The summed E-state index contributed by atoms with van der Waals surface area (Å²) in [5.41, 5.74) is 0. The average Bonchev–Trinajstić information content (AvgIpc) is 2.11. The van der Waals surface area contributed by atoms with Crippen LogP contribution in [0.4, 0.5) is 0 Å². The van der Waals surface area contributed by atoms with E-state index >= 15 is 0 Å². The lowest BCUT2D eigenvalue weighted by Gasteiger charge is -2.11. The molecule has 0 aromatic carbocycles. The summed E-state index contributed by atoms with van der Waals surface area (Å²) in [6.07, 6.45) is 1.94. The first-order valence-corrected chi connectivity index (χ1v) is 5.27. The first-order valence-electron chi connectivity index (χ1n) is 4.36. The van der Waals surface area contributed by atoms with Crippen molar-refractivity contribution in [3.05, 3.63) is 0 Å². The van der Waals surface area contributed by atoms with Gasteiger partial charge < -0.3 is 4.74 Å². The standard InChI is InChI=1S/C9H14BrNO2/c1-3-4-5-8(6-11)13-9(12)7(2)10/h7-8H,3-5H2,1-2H3. The van der Waals surface area contributed by atoms with Gasteiger partial charge >= 0.3 is 5.97 Å². The van der Waals surface area contributed by atoms with E-state index in [9.17, 15) is 4.79 Å². The Morgan fingerprint density at radius 1 is 1.69 bits per heavy atom. The van der Waals surface area contributed by atoms with Crippen LogP contribution in [0.5, 0.6) is 0 Å². The zero-order chi connectivity index (χ0) is 10.3. The fourth-order valence-electron chi connectivity index (χ4n) is 0.773. The molecule has 2 unspecified atom stereocenters. The highest BCUT2D eigenvalue weighted by Crippen LogP contribution is 2.08. The first-order chi connectivity index (χ1) is 6.11. The number of nitriles is 1. The average molecular weight is 248 g/mol. The molecule has 3 nitrogen and oxygen atoms in total. The third kappa shape index (κ3) is 5.64. The molecule has 0 bridgehead atoms. The summed E-state index contributed by atoms with van der Waals surface area (Å²) in [4.78, 5) is 10.7. The highest BCUT2D eigenvalue weighted by Gasteiger charge is 2.16. The largest absolute Gasteiger partial charge is 0.446 e. The van der Waals surface area contributed by atoms with Gasteiger partial charge in [0.2, 0.25) is 0 Å². The van der Waals surface area contributed by atoms with Crippen LogP contribution >= 0.6 is 15.9 Å². The summed E-state index contributed by atoms with van der Waals surface area (Å²) in [6.45, 7) is 3.71. The van der Waals surface area contributed by atoms with Crippen LogP contribution in [0.1, 0.15) is 33.1 Å². The van der Waals surface area contributed by atoms with Gasteiger partial charge in [0.15, 0.2) is 6.10 Å². The van der Waals surface area contributed by atoms with Gasteiger partial charge in [-0.3, -0.25) is 4.79 Å². The number of rotatable bonds is 5. The Balaban J connectivity index is 3.85. The summed E-state index contributed by atoms with van der Waals surface area (Å²) < 4.78 is 4.92. The van der Waals surface area contributed by atoms with Crippen LogP contribution in [0.2, 0.25) is 0 Å². The zero-order valence-corrected chi connectivity index (χ0v) is 9.50. The van der Waals surface area contributed by atoms with Crippen LogP contribution in [0.25, 0.3) is 0 Å². The van der Waals surface area contributed by atoms with Crippen molar-refractivity contribution in [2.75, 3.05) is 0 Å². The number of unbranched alkanes of at least 4 members (excludes halogenated alkanes) is 1. The van der Waals surface area contributed by atoms with Crippen LogP contribution in [-0.2, 0) is 9.53 Å². The maximum Gasteiger partial charge on any atom is 0.320 e. The summed E-state index contributed by atoms with van der Waals surface area (Å²) in [5.74, 6) is -0.373. The molecule has 0 spiro atoms. The minimum absolute atomic E-state index is 0.343. The van der Waals surface area contributed by atoms with E-state index in [0.29, 0.717) is 6.42 Å². The Hall–Kier alpha value is -0.560. The van der Waals surface area contributed by atoms with Gasteiger partial charge in [-0.05, 0) is 19.8 Å². The van der Waals surface area contributed by atoms with Gasteiger partial charge in [0.25, 0.3) is 0 Å². The van der Waals surface area contributed by atoms with Gasteiger partial charge in [-0.2, -0.15) is 5.26 Å². The fraction of sp³-hybridized carbons (Fsp3) is 0.778. The number of ether oxygens (including phenoxy) is 1. The summed E-state index contributed by atoms with van der Waals surface area (Å²) in [7, 11) is 0. The van der Waals surface area contributed by atoms with E-state index in [1.807, 2.05) is 13.0 Å². The van der Waals surface area contributed by atoms with E-state index in [-0.39, 0.29) is 10.8 Å². The Morgan fingerprint density at radius 2 is 2.31 bits per heavy atom. The van der Waals surface area contributed by atoms with Gasteiger partial charge in [0.1, 0.15) is 10.9 Å². The lowest BCUT2D eigenvalue weighted by Crippen LogP contribution is -2.21. The van der Waals surface area contributed by atoms with Crippen molar-refractivity contribution in [2.45, 2.75) is 44.0 Å². The molecule has 0 aliphatic rings. The van der Waals surface area contributed by atoms with Crippen LogP contribution in [0.15, 0.2) is 0 Å². The molecule has 74 valence electrons. The first kappa shape index (κ1) is 12.4. The van der Waals surface area contributed by atoms with Crippen LogP contribution in [-0.4, -0.2) is 16.9 Å². The number of hydrogen-bond acceptors (Lipinski definition) is 3. The van der Waals surface area contributed by atoms with E-state index in [2.05, 4.69) is 15.9 Å². The highest BCUT2D eigenvalue weighted by atomic mass is 79.9. The van der Waals surface area contributed by atoms with Crippen LogP contribution in [0.3, 0.4) is 0 Å². The second kappa shape index (κ2) is 6.90. The van der Waals surface area contributed by atoms with Crippen molar-refractivity contribution in [3.8, 4) is 6.07 Å². The molecule has 0 aliphatic heterocycles. The second-order valence-electron chi connectivity index (χ2n) is 2.81. The summed E-state index contributed by atoms with van der Waals surface area (Å²) >= 11 is 3.08. The Labute approximate surface area is 87.2 Å². The number of halogens is 1. The van der Waals surface area contributed by atoms with E-state index in [4.69, 9.17) is 10.00 Å². The van der Waals surface area contributed by atoms with Gasteiger partial charge in [0, 0.05) is 0 Å². The minimum Gasteiger partial charge on any atom is -0.446 e. The van der Waals surface area contributed by atoms with Crippen molar-refractivity contribution in [2.24, 2.45) is 0 Å². The van der Waals surface area contributed by atoms with Crippen LogP contribution in [0, 0.1) is 11.3 Å². The number of hydrogen-bond donors (Lipinski definition) is 0. The molecule has 0 radical (unpaired) electrons. The predicted molar refractivity (Wildman–Crippen MR) is 53.4 cm³/mol. The van der Waals surface area contributed by atoms with Crippen molar-refractivity contribution in [1.29, 1.82) is 5.26 Å². The monoisotopic (exact) mass is 247 g/mol. The van der Waals surface area contributed by atoms with Gasteiger partial charge in [0.05, 0.1) is 0 Å². The minimum atomic E-state index is -0.590. The molecule has 0 aromatic rings. The molecule has 0 fully saturated rings. The molecule has 2 atom stereocenters. The number of alkyl halides is 1. The Kier molecular flexibility index (Phi) is 6.61. The molecule has 0 aromatic heterocycles. The number of carbonyl (C=O) groups is 1.